The van der Waals surface area contributed by atoms with Crippen molar-refractivity contribution in [3.8, 4) is 0 Å². The lowest BCUT2D eigenvalue weighted by molar-refractivity contribution is 0.0365. The third kappa shape index (κ3) is 3.21. The number of likely N-dealkylation sites (N-methyl/N-ethyl adjacent to an activating group) is 1. The molecule has 2 aliphatic rings. The summed E-state index contributed by atoms with van der Waals surface area (Å²) < 4.78 is 0. The maximum Gasteiger partial charge on any atom is 0.0192 e. The fraction of sp³-hybridized carbons (Fsp3) is 1.00. The van der Waals surface area contributed by atoms with E-state index in [4.69, 9.17) is 0 Å². The van der Waals surface area contributed by atoms with E-state index in [1.807, 2.05) is 0 Å². The quantitative estimate of drug-likeness (QED) is 0.723. The van der Waals surface area contributed by atoms with E-state index in [0.717, 1.165) is 18.1 Å². The van der Waals surface area contributed by atoms with E-state index in [9.17, 15) is 0 Å². The molecule has 3 heteroatoms. The number of nitrogens with zero attached hydrogens (tertiary/aromatic N) is 3. The van der Waals surface area contributed by atoms with Crippen LogP contribution in [0, 0.1) is 0 Å². The summed E-state index contributed by atoms with van der Waals surface area (Å²) in [5.41, 5.74) is 0. The van der Waals surface area contributed by atoms with Crippen molar-refractivity contribution in [3.05, 3.63) is 0 Å². The first-order valence-electron chi connectivity index (χ1n) is 7.26. The molecule has 3 nitrogen and oxygen atoms in total. The molecule has 0 radical (unpaired) electrons. The van der Waals surface area contributed by atoms with Gasteiger partial charge < -0.3 is 9.80 Å². The van der Waals surface area contributed by atoms with Crippen molar-refractivity contribution in [2.45, 2.75) is 51.7 Å². The molecule has 0 aromatic heterocycles. The molecule has 0 bridgehead atoms. The smallest absolute Gasteiger partial charge is 0.0192 e. The van der Waals surface area contributed by atoms with Crippen LogP contribution in [0.25, 0.3) is 0 Å². The minimum atomic E-state index is 0.724. The monoisotopic (exact) mass is 239 g/mol. The number of hydrogen-bond donors (Lipinski definition) is 0. The van der Waals surface area contributed by atoms with Crippen molar-refractivity contribution < 1.29 is 0 Å². The molecule has 0 aliphatic carbocycles. The van der Waals surface area contributed by atoms with Gasteiger partial charge >= 0.3 is 0 Å². The fourth-order valence-electron chi connectivity index (χ4n) is 3.18. The van der Waals surface area contributed by atoms with Crippen molar-refractivity contribution in [1.29, 1.82) is 0 Å². The summed E-state index contributed by atoms with van der Waals surface area (Å²) in [4.78, 5) is 7.85. The van der Waals surface area contributed by atoms with E-state index in [0.29, 0.717) is 0 Å². The Labute approximate surface area is 107 Å². The van der Waals surface area contributed by atoms with Gasteiger partial charge in [0.25, 0.3) is 0 Å². The van der Waals surface area contributed by atoms with Gasteiger partial charge in [-0.3, -0.25) is 4.90 Å². The fourth-order valence-corrected chi connectivity index (χ4v) is 3.18. The molecule has 2 saturated heterocycles. The van der Waals surface area contributed by atoms with E-state index in [-0.39, 0.29) is 0 Å². The molecule has 2 aliphatic heterocycles. The van der Waals surface area contributed by atoms with Crippen molar-refractivity contribution in [3.63, 3.8) is 0 Å². The van der Waals surface area contributed by atoms with Crippen LogP contribution in [-0.2, 0) is 0 Å². The van der Waals surface area contributed by atoms with Gasteiger partial charge in [-0.25, -0.2) is 0 Å². The highest BCUT2D eigenvalue weighted by atomic mass is 15.3. The van der Waals surface area contributed by atoms with Gasteiger partial charge in [-0.2, -0.15) is 0 Å². The van der Waals surface area contributed by atoms with Crippen LogP contribution in [0.3, 0.4) is 0 Å². The second-order valence-corrected chi connectivity index (χ2v) is 6.19. The zero-order valence-electron chi connectivity index (χ0n) is 12.0. The SMILES string of the molecule is CC(C)N1CCC(N2CCN(C)[C@@H](C)C2)CC1. The van der Waals surface area contributed by atoms with Crippen molar-refractivity contribution in [2.24, 2.45) is 0 Å². The third-order valence-electron chi connectivity index (χ3n) is 4.74. The molecule has 0 amide bonds. The van der Waals surface area contributed by atoms with Crippen LogP contribution in [0.5, 0.6) is 0 Å². The Bertz CT molecular complexity index is 234. The maximum absolute atomic E-state index is 2.74. The number of rotatable bonds is 2. The number of hydrogen-bond acceptors (Lipinski definition) is 3. The van der Waals surface area contributed by atoms with Crippen LogP contribution in [0.1, 0.15) is 33.6 Å². The van der Waals surface area contributed by atoms with Crippen LogP contribution in [0.4, 0.5) is 0 Å². The molecule has 0 unspecified atom stereocenters. The summed E-state index contributed by atoms with van der Waals surface area (Å²) in [7, 11) is 2.25. The van der Waals surface area contributed by atoms with Crippen LogP contribution < -0.4 is 0 Å². The summed E-state index contributed by atoms with van der Waals surface area (Å²) in [6, 6.07) is 2.30. The highest BCUT2D eigenvalue weighted by Crippen LogP contribution is 2.20. The topological polar surface area (TPSA) is 9.72 Å². The van der Waals surface area contributed by atoms with E-state index in [1.54, 1.807) is 0 Å². The van der Waals surface area contributed by atoms with E-state index < -0.39 is 0 Å². The van der Waals surface area contributed by atoms with Gasteiger partial charge in [-0.05, 0) is 53.8 Å². The molecule has 0 saturated carbocycles. The second kappa shape index (κ2) is 5.68. The molecule has 17 heavy (non-hydrogen) atoms. The van der Waals surface area contributed by atoms with Crippen molar-refractivity contribution in [2.75, 3.05) is 39.8 Å². The van der Waals surface area contributed by atoms with Gasteiger partial charge in [0.15, 0.2) is 0 Å². The highest BCUT2D eigenvalue weighted by molar-refractivity contribution is 4.86. The molecule has 0 aromatic carbocycles. The summed E-state index contributed by atoms with van der Waals surface area (Å²) in [6.45, 7) is 13.4. The van der Waals surface area contributed by atoms with Crippen LogP contribution in [0.2, 0.25) is 0 Å². The average molecular weight is 239 g/mol. The Hall–Kier alpha value is -0.120. The molecule has 0 N–H and O–H groups in total. The molecular weight excluding hydrogens is 210 g/mol. The Morgan fingerprint density at radius 2 is 1.65 bits per heavy atom. The minimum absolute atomic E-state index is 0.724. The first-order chi connectivity index (χ1) is 8.08. The molecule has 0 spiro atoms. The second-order valence-electron chi connectivity index (χ2n) is 6.19. The van der Waals surface area contributed by atoms with E-state index in [1.165, 1.54) is 45.6 Å². The lowest BCUT2D eigenvalue weighted by Crippen LogP contribution is -2.56. The van der Waals surface area contributed by atoms with Gasteiger partial charge in [0.05, 0.1) is 0 Å². The van der Waals surface area contributed by atoms with Gasteiger partial charge in [-0.1, -0.05) is 0 Å². The molecule has 1 atom stereocenters. The highest BCUT2D eigenvalue weighted by Gasteiger charge is 2.29. The summed E-state index contributed by atoms with van der Waals surface area (Å²) in [6.07, 6.45) is 2.74. The van der Waals surface area contributed by atoms with E-state index in [2.05, 4.69) is 42.5 Å². The molecule has 2 heterocycles. The van der Waals surface area contributed by atoms with Gasteiger partial charge in [0.1, 0.15) is 0 Å². The predicted molar refractivity (Wildman–Crippen MR) is 73.4 cm³/mol. The molecule has 2 rings (SSSR count). The van der Waals surface area contributed by atoms with Crippen molar-refractivity contribution >= 4 is 0 Å². The molecule has 2 fully saturated rings. The number of likely N-dealkylation sites (tertiary alicyclic amines) is 1. The van der Waals surface area contributed by atoms with Crippen LogP contribution >= 0.6 is 0 Å². The standard InChI is InChI=1S/C14H29N3/c1-12(2)16-7-5-14(6-8-16)17-10-9-15(4)13(3)11-17/h12-14H,5-11H2,1-4H3/t13-/m0/s1. The van der Waals surface area contributed by atoms with Crippen LogP contribution in [0.15, 0.2) is 0 Å². The van der Waals surface area contributed by atoms with Gasteiger partial charge in [0, 0.05) is 37.8 Å². The maximum atomic E-state index is 2.74. The molecule has 100 valence electrons. The van der Waals surface area contributed by atoms with Gasteiger partial charge in [0.2, 0.25) is 0 Å². The first kappa shape index (κ1) is 13.3. The lowest BCUT2D eigenvalue weighted by atomic mass is 10.00. The first-order valence-corrected chi connectivity index (χ1v) is 7.26. The van der Waals surface area contributed by atoms with E-state index >= 15 is 0 Å². The van der Waals surface area contributed by atoms with Gasteiger partial charge in [-0.15, -0.1) is 0 Å². The Balaban J connectivity index is 1.81. The molecule has 0 aromatic rings. The Morgan fingerprint density at radius 1 is 1.00 bits per heavy atom. The summed E-state index contributed by atoms with van der Waals surface area (Å²) in [5.74, 6) is 0. The Morgan fingerprint density at radius 3 is 2.18 bits per heavy atom. The number of piperidine rings is 1. The van der Waals surface area contributed by atoms with Crippen LogP contribution in [-0.4, -0.2) is 72.6 Å². The molecular formula is C14H29N3. The largest absolute Gasteiger partial charge is 0.301 e. The third-order valence-corrected chi connectivity index (χ3v) is 4.74. The predicted octanol–water partition coefficient (Wildman–Crippen LogP) is 1.50. The lowest BCUT2D eigenvalue weighted by Gasteiger charge is -2.45. The summed E-state index contributed by atoms with van der Waals surface area (Å²) >= 11 is 0. The zero-order valence-corrected chi connectivity index (χ0v) is 12.0. The van der Waals surface area contributed by atoms with Crippen molar-refractivity contribution in [1.82, 2.24) is 14.7 Å². The number of piperazine rings is 1. The Kier molecular flexibility index (Phi) is 4.45. The normalized spacial score (nSPS) is 31.2. The zero-order chi connectivity index (χ0) is 12.4. The minimum Gasteiger partial charge on any atom is -0.301 e. The summed E-state index contributed by atoms with van der Waals surface area (Å²) in [5, 5.41) is 0. The average Bonchev–Trinajstić information content (AvgIpc) is 2.33.